The van der Waals surface area contributed by atoms with Crippen molar-refractivity contribution < 1.29 is 18.9 Å². The largest absolute Gasteiger partial charge is 0.457 e. The summed E-state index contributed by atoms with van der Waals surface area (Å²) < 4.78 is 5.70. The van der Waals surface area contributed by atoms with Crippen molar-refractivity contribution in [1.29, 1.82) is 0 Å². The number of anilines is 1. The number of carbonyl (C=O) groups excluding carboxylic acids is 2. The summed E-state index contributed by atoms with van der Waals surface area (Å²) in [4.78, 5) is 36.9. The third-order valence-corrected chi connectivity index (χ3v) is 5.20. The lowest BCUT2D eigenvalue weighted by atomic mass is 10.1. The van der Waals surface area contributed by atoms with E-state index in [4.69, 9.17) is 39.8 Å². The van der Waals surface area contributed by atoms with Crippen LogP contribution in [0.5, 0.6) is 0 Å². The molecule has 8 nitrogen and oxygen atoms in total. The van der Waals surface area contributed by atoms with Crippen molar-refractivity contribution in [2.75, 3.05) is 4.90 Å². The molecule has 1 N–H and O–H groups in total. The molecule has 2 heterocycles. The molecule has 1 fully saturated rings. The highest BCUT2D eigenvalue weighted by Crippen LogP contribution is 2.30. The predicted molar refractivity (Wildman–Crippen MR) is 123 cm³/mol. The number of rotatable bonds is 4. The minimum atomic E-state index is -0.683. The van der Waals surface area contributed by atoms with Crippen molar-refractivity contribution >= 4 is 69.8 Å². The first-order chi connectivity index (χ1) is 15.2. The molecule has 3 aromatic rings. The number of amides is 2. The average Bonchev–Trinajstić information content (AvgIpc) is 3.19. The first-order valence-electron chi connectivity index (χ1n) is 8.95. The highest BCUT2D eigenvalue weighted by Gasteiger charge is 2.35. The number of hydrogen-bond donors (Lipinski definition) is 1. The SMILES string of the molecule is O=C1NC(=S)N(c2cc(Cl)cc(Cl)c2)C(=O)C1=Cc1ccc(-c2ccc([N+](=O)[O-])cc2)o1. The summed E-state index contributed by atoms with van der Waals surface area (Å²) in [6.45, 7) is 0. The van der Waals surface area contributed by atoms with Crippen molar-refractivity contribution in [2.45, 2.75) is 0 Å². The van der Waals surface area contributed by atoms with Crippen LogP contribution >= 0.6 is 35.4 Å². The van der Waals surface area contributed by atoms with Crippen LogP contribution in [0.25, 0.3) is 17.4 Å². The van der Waals surface area contributed by atoms with Crippen molar-refractivity contribution in [1.82, 2.24) is 5.32 Å². The summed E-state index contributed by atoms with van der Waals surface area (Å²) in [6, 6.07) is 13.5. The smallest absolute Gasteiger partial charge is 0.270 e. The van der Waals surface area contributed by atoms with Gasteiger partial charge in [-0.3, -0.25) is 29.9 Å². The van der Waals surface area contributed by atoms with Gasteiger partial charge in [0.05, 0.1) is 10.6 Å². The number of nitro groups is 1. The number of benzene rings is 2. The van der Waals surface area contributed by atoms with Gasteiger partial charge >= 0.3 is 0 Å². The first-order valence-corrected chi connectivity index (χ1v) is 10.1. The van der Waals surface area contributed by atoms with E-state index in [1.807, 2.05) is 0 Å². The quantitative estimate of drug-likeness (QED) is 0.182. The van der Waals surface area contributed by atoms with Crippen molar-refractivity contribution in [3.63, 3.8) is 0 Å². The minimum Gasteiger partial charge on any atom is -0.457 e. The fourth-order valence-corrected chi connectivity index (χ4v) is 3.83. The lowest BCUT2D eigenvalue weighted by Gasteiger charge is -2.29. The first kappa shape index (κ1) is 21.7. The molecule has 32 heavy (non-hydrogen) atoms. The normalized spacial score (nSPS) is 15.2. The predicted octanol–water partition coefficient (Wildman–Crippen LogP) is 4.99. The molecular formula is C21H11Cl2N3O5S. The fourth-order valence-electron chi connectivity index (χ4n) is 3.04. The zero-order valence-corrected chi connectivity index (χ0v) is 18.2. The number of hydrogen-bond acceptors (Lipinski definition) is 6. The van der Waals surface area contributed by atoms with Crippen LogP contribution < -0.4 is 10.2 Å². The Morgan fingerprint density at radius 1 is 1.03 bits per heavy atom. The van der Waals surface area contributed by atoms with Crippen LogP contribution in [0.15, 0.2) is 64.6 Å². The fraction of sp³-hybridized carbons (Fsp3) is 0. The molecule has 11 heteroatoms. The Bertz CT molecular complexity index is 1300. The van der Waals surface area contributed by atoms with Crippen molar-refractivity contribution in [2.24, 2.45) is 0 Å². The number of furan rings is 1. The molecular weight excluding hydrogens is 477 g/mol. The number of carbonyl (C=O) groups is 2. The van der Waals surface area contributed by atoms with E-state index in [1.165, 1.54) is 48.5 Å². The second-order valence-electron chi connectivity index (χ2n) is 6.59. The van der Waals surface area contributed by atoms with E-state index in [2.05, 4.69) is 5.32 Å². The molecule has 0 aliphatic carbocycles. The summed E-state index contributed by atoms with van der Waals surface area (Å²) >= 11 is 17.2. The maximum absolute atomic E-state index is 13.1. The lowest BCUT2D eigenvalue weighted by Crippen LogP contribution is -2.54. The molecule has 1 aliphatic heterocycles. The van der Waals surface area contributed by atoms with Crippen molar-refractivity contribution in [3.8, 4) is 11.3 Å². The monoisotopic (exact) mass is 487 g/mol. The Balaban J connectivity index is 1.66. The molecule has 160 valence electrons. The van der Waals surface area contributed by atoms with Crippen LogP contribution in [0.1, 0.15) is 5.76 Å². The van der Waals surface area contributed by atoms with Crippen LogP contribution in [-0.2, 0) is 9.59 Å². The van der Waals surface area contributed by atoms with Gasteiger partial charge in [0.2, 0.25) is 0 Å². The van der Waals surface area contributed by atoms with E-state index < -0.39 is 16.7 Å². The van der Waals surface area contributed by atoms with Gasteiger partial charge in [-0.15, -0.1) is 0 Å². The second kappa shape index (κ2) is 8.54. The van der Waals surface area contributed by atoms with E-state index in [9.17, 15) is 19.7 Å². The van der Waals surface area contributed by atoms with Crippen LogP contribution in [0.3, 0.4) is 0 Å². The molecule has 2 aromatic carbocycles. The number of non-ortho nitro benzene ring substituents is 1. The number of nitro benzene ring substituents is 1. The van der Waals surface area contributed by atoms with Gasteiger partial charge in [0, 0.05) is 27.7 Å². The summed E-state index contributed by atoms with van der Waals surface area (Å²) in [5.41, 5.74) is 0.633. The van der Waals surface area contributed by atoms with E-state index in [1.54, 1.807) is 12.1 Å². The average molecular weight is 488 g/mol. The maximum Gasteiger partial charge on any atom is 0.270 e. The van der Waals surface area contributed by atoms with E-state index in [0.29, 0.717) is 27.1 Å². The van der Waals surface area contributed by atoms with Gasteiger partial charge in [0.25, 0.3) is 17.5 Å². The zero-order valence-electron chi connectivity index (χ0n) is 15.9. The van der Waals surface area contributed by atoms with Crippen LogP contribution in [0.4, 0.5) is 11.4 Å². The third-order valence-electron chi connectivity index (χ3n) is 4.48. The molecule has 1 saturated heterocycles. The lowest BCUT2D eigenvalue weighted by molar-refractivity contribution is -0.384. The molecule has 1 aromatic heterocycles. The Kier molecular flexibility index (Phi) is 5.79. The highest BCUT2D eigenvalue weighted by atomic mass is 35.5. The van der Waals surface area contributed by atoms with E-state index in [0.717, 1.165) is 4.90 Å². The van der Waals surface area contributed by atoms with Crippen LogP contribution in [-0.4, -0.2) is 21.9 Å². The Morgan fingerprint density at radius 3 is 2.31 bits per heavy atom. The third kappa shape index (κ3) is 4.26. The Morgan fingerprint density at radius 2 is 1.69 bits per heavy atom. The molecule has 0 atom stereocenters. The van der Waals surface area contributed by atoms with Gasteiger partial charge in [0.1, 0.15) is 17.1 Å². The van der Waals surface area contributed by atoms with E-state index in [-0.39, 0.29) is 22.1 Å². The van der Waals surface area contributed by atoms with Gasteiger partial charge in [-0.25, -0.2) is 0 Å². The Labute approximate surface area is 196 Å². The van der Waals surface area contributed by atoms with Gasteiger partial charge in [0.15, 0.2) is 5.11 Å². The number of halogens is 2. The number of nitrogens with one attached hydrogen (secondary N) is 1. The standard InChI is InChI=1S/C21H11Cl2N3O5S/c22-12-7-13(23)9-15(8-12)25-20(28)17(19(27)24-21(25)32)10-16-5-6-18(31-16)11-1-3-14(4-2-11)26(29)30/h1-10H,(H,24,27,32). The van der Waals surface area contributed by atoms with Crippen LogP contribution in [0.2, 0.25) is 10.0 Å². The Hall–Kier alpha value is -3.53. The topological polar surface area (TPSA) is 106 Å². The number of nitrogens with zero attached hydrogens (tertiary/aromatic N) is 2. The molecule has 0 saturated carbocycles. The molecule has 2 amide bonds. The van der Waals surface area contributed by atoms with Crippen LogP contribution in [0, 0.1) is 10.1 Å². The second-order valence-corrected chi connectivity index (χ2v) is 7.85. The van der Waals surface area contributed by atoms with Gasteiger partial charge in [-0.2, -0.15) is 0 Å². The minimum absolute atomic E-state index is 0.0516. The summed E-state index contributed by atoms with van der Waals surface area (Å²) in [6.07, 6.45) is 1.29. The molecule has 1 aliphatic rings. The van der Waals surface area contributed by atoms with E-state index >= 15 is 0 Å². The maximum atomic E-state index is 13.1. The summed E-state index contributed by atoms with van der Waals surface area (Å²) in [5, 5.41) is 13.7. The van der Waals surface area contributed by atoms with Gasteiger partial charge in [-0.05, 0) is 60.8 Å². The zero-order chi connectivity index (χ0) is 23.0. The number of thiocarbonyl (C=S) groups is 1. The molecule has 0 spiro atoms. The van der Waals surface area contributed by atoms with Gasteiger partial charge < -0.3 is 4.42 Å². The molecule has 0 bridgehead atoms. The highest BCUT2D eigenvalue weighted by molar-refractivity contribution is 7.80. The summed E-state index contributed by atoms with van der Waals surface area (Å²) in [5.74, 6) is -0.721. The summed E-state index contributed by atoms with van der Waals surface area (Å²) in [7, 11) is 0. The molecule has 4 rings (SSSR count). The van der Waals surface area contributed by atoms with Crippen molar-refractivity contribution in [3.05, 3.63) is 86.1 Å². The molecule has 0 radical (unpaired) electrons. The molecule has 0 unspecified atom stereocenters. The van der Waals surface area contributed by atoms with Gasteiger partial charge in [-0.1, -0.05) is 23.2 Å².